The Labute approximate surface area is 210 Å². The van der Waals surface area contributed by atoms with E-state index in [0.717, 1.165) is 18.7 Å². The summed E-state index contributed by atoms with van der Waals surface area (Å²) in [5.41, 5.74) is 1.24. The SMILES string of the molecule is CN=C(NCC(=O)N(C)CCc1ccccn1)NCC1(N2CCCCC2)CCCCC1.I. The van der Waals surface area contributed by atoms with Gasteiger partial charge in [-0.25, -0.2) is 0 Å². The van der Waals surface area contributed by atoms with Crippen LogP contribution in [0.25, 0.3) is 0 Å². The molecule has 0 aromatic carbocycles. The number of aromatic nitrogens is 1. The van der Waals surface area contributed by atoms with Crippen LogP contribution in [0.2, 0.25) is 0 Å². The molecule has 1 aromatic rings. The maximum Gasteiger partial charge on any atom is 0.241 e. The number of aliphatic imine (C=N–C) groups is 1. The minimum atomic E-state index is 0. The molecular formula is C24H41IN6O. The largest absolute Gasteiger partial charge is 0.355 e. The Morgan fingerprint density at radius 2 is 1.84 bits per heavy atom. The average molecular weight is 557 g/mol. The summed E-state index contributed by atoms with van der Waals surface area (Å²) in [4.78, 5) is 25.7. The van der Waals surface area contributed by atoms with Gasteiger partial charge < -0.3 is 15.5 Å². The van der Waals surface area contributed by atoms with E-state index >= 15 is 0 Å². The van der Waals surface area contributed by atoms with Gasteiger partial charge >= 0.3 is 0 Å². The van der Waals surface area contributed by atoms with Crippen molar-refractivity contribution in [3.63, 3.8) is 0 Å². The van der Waals surface area contributed by atoms with Crippen LogP contribution >= 0.6 is 24.0 Å². The van der Waals surface area contributed by atoms with Gasteiger partial charge in [-0.1, -0.05) is 31.7 Å². The summed E-state index contributed by atoms with van der Waals surface area (Å²) in [7, 11) is 3.62. The zero-order valence-electron chi connectivity index (χ0n) is 19.8. The molecule has 2 N–H and O–H groups in total. The Hall–Kier alpha value is -1.42. The fourth-order valence-corrected chi connectivity index (χ4v) is 4.90. The van der Waals surface area contributed by atoms with E-state index in [-0.39, 0.29) is 42.0 Å². The third kappa shape index (κ3) is 7.86. The first-order valence-corrected chi connectivity index (χ1v) is 12.0. The van der Waals surface area contributed by atoms with Crippen molar-refractivity contribution in [1.29, 1.82) is 0 Å². The summed E-state index contributed by atoms with van der Waals surface area (Å²) in [5, 5.41) is 6.77. The van der Waals surface area contributed by atoms with Gasteiger partial charge in [-0.05, 0) is 50.9 Å². The quantitative estimate of drug-likeness (QED) is 0.293. The van der Waals surface area contributed by atoms with E-state index in [1.807, 2.05) is 25.2 Å². The van der Waals surface area contributed by atoms with E-state index in [1.165, 1.54) is 64.5 Å². The second-order valence-corrected chi connectivity index (χ2v) is 9.00. The standard InChI is InChI=1S/C24H40N6O.HI/c1-25-23(27-19-22(31)29(2)18-12-21-11-5-8-15-26-21)28-20-24(13-6-3-7-14-24)30-16-9-4-10-17-30;/h5,8,11,15H,3-4,6-7,9-10,12-14,16-20H2,1-2H3,(H2,25,27,28);1H. The molecule has 180 valence electrons. The highest BCUT2D eigenvalue weighted by Gasteiger charge is 2.38. The zero-order valence-corrected chi connectivity index (χ0v) is 22.1. The average Bonchev–Trinajstić information content (AvgIpc) is 2.84. The van der Waals surface area contributed by atoms with Crippen LogP contribution < -0.4 is 10.6 Å². The number of hydrogen-bond acceptors (Lipinski definition) is 4. The molecule has 0 bridgehead atoms. The smallest absolute Gasteiger partial charge is 0.241 e. The first-order valence-electron chi connectivity index (χ1n) is 12.0. The molecule has 2 heterocycles. The van der Waals surface area contributed by atoms with Crippen LogP contribution in [0.4, 0.5) is 0 Å². The van der Waals surface area contributed by atoms with E-state index in [4.69, 9.17) is 0 Å². The number of rotatable bonds is 8. The van der Waals surface area contributed by atoms with Crippen LogP contribution in [0.3, 0.4) is 0 Å². The van der Waals surface area contributed by atoms with Crippen LogP contribution in [-0.2, 0) is 11.2 Å². The van der Waals surface area contributed by atoms with Gasteiger partial charge in [0.2, 0.25) is 5.91 Å². The number of likely N-dealkylation sites (N-methyl/N-ethyl adjacent to an activating group) is 1. The number of amides is 1. The predicted octanol–water partition coefficient (Wildman–Crippen LogP) is 3.05. The lowest BCUT2D eigenvalue weighted by Gasteiger charge is -2.48. The van der Waals surface area contributed by atoms with Crippen LogP contribution in [0.1, 0.15) is 57.1 Å². The lowest BCUT2D eigenvalue weighted by atomic mass is 9.79. The maximum atomic E-state index is 12.6. The third-order valence-electron chi connectivity index (χ3n) is 6.88. The van der Waals surface area contributed by atoms with Crippen LogP contribution in [0.5, 0.6) is 0 Å². The normalized spacial score (nSPS) is 19.0. The summed E-state index contributed by atoms with van der Waals surface area (Å²) < 4.78 is 0. The summed E-state index contributed by atoms with van der Waals surface area (Å²) >= 11 is 0. The number of carbonyl (C=O) groups is 1. The summed E-state index contributed by atoms with van der Waals surface area (Å²) in [6, 6.07) is 5.87. The summed E-state index contributed by atoms with van der Waals surface area (Å²) in [6.07, 6.45) is 13.0. The molecule has 7 nitrogen and oxygen atoms in total. The Morgan fingerprint density at radius 3 is 2.50 bits per heavy atom. The van der Waals surface area contributed by atoms with E-state index in [1.54, 1.807) is 18.1 Å². The number of carbonyl (C=O) groups excluding carboxylic acids is 1. The second kappa shape index (κ2) is 14.0. The third-order valence-corrected chi connectivity index (χ3v) is 6.88. The van der Waals surface area contributed by atoms with E-state index in [0.29, 0.717) is 12.5 Å². The Bertz CT molecular complexity index is 702. The van der Waals surface area contributed by atoms with Gasteiger partial charge in [0.1, 0.15) is 0 Å². The van der Waals surface area contributed by atoms with E-state index in [2.05, 4.69) is 25.5 Å². The van der Waals surface area contributed by atoms with Gasteiger partial charge in [-0.15, -0.1) is 24.0 Å². The number of guanidine groups is 1. The van der Waals surface area contributed by atoms with E-state index in [9.17, 15) is 4.79 Å². The number of halogens is 1. The first kappa shape index (κ1) is 26.8. The molecule has 3 rings (SSSR count). The van der Waals surface area contributed by atoms with Gasteiger partial charge in [0.25, 0.3) is 0 Å². The first-order chi connectivity index (χ1) is 15.1. The highest BCUT2D eigenvalue weighted by molar-refractivity contribution is 14.0. The molecule has 1 saturated heterocycles. The van der Waals surface area contributed by atoms with Crippen molar-refractivity contribution in [1.82, 2.24) is 25.4 Å². The van der Waals surface area contributed by atoms with Crippen LogP contribution in [-0.4, -0.2) is 79.0 Å². The molecule has 32 heavy (non-hydrogen) atoms. The number of hydrogen-bond donors (Lipinski definition) is 2. The molecule has 8 heteroatoms. The topological polar surface area (TPSA) is 72.9 Å². The summed E-state index contributed by atoms with van der Waals surface area (Å²) in [6.45, 7) is 4.23. The van der Waals surface area contributed by atoms with Crippen molar-refractivity contribution in [3.8, 4) is 0 Å². The second-order valence-electron chi connectivity index (χ2n) is 9.00. The molecule has 0 unspecified atom stereocenters. The Balaban J connectivity index is 0.00000363. The zero-order chi connectivity index (χ0) is 21.9. The van der Waals surface area contributed by atoms with Crippen LogP contribution in [0.15, 0.2) is 29.4 Å². The fraction of sp³-hybridized carbons (Fsp3) is 0.708. The van der Waals surface area contributed by atoms with Gasteiger partial charge in [-0.3, -0.25) is 19.7 Å². The van der Waals surface area contributed by atoms with Crippen molar-refractivity contribution in [2.24, 2.45) is 4.99 Å². The number of pyridine rings is 1. The molecule has 1 aromatic heterocycles. The molecule has 2 fully saturated rings. The highest BCUT2D eigenvalue weighted by Crippen LogP contribution is 2.35. The molecule has 0 spiro atoms. The van der Waals surface area contributed by atoms with Crippen LogP contribution in [0, 0.1) is 0 Å². The van der Waals surface area contributed by atoms with Crippen molar-refractivity contribution >= 4 is 35.8 Å². The van der Waals surface area contributed by atoms with Gasteiger partial charge in [0.15, 0.2) is 5.96 Å². The number of likely N-dealkylation sites (tertiary alicyclic amines) is 1. The Kier molecular flexibility index (Phi) is 11.7. The molecular weight excluding hydrogens is 515 g/mol. The van der Waals surface area contributed by atoms with Crippen molar-refractivity contribution in [2.75, 3.05) is 46.8 Å². The lowest BCUT2D eigenvalue weighted by molar-refractivity contribution is -0.128. The van der Waals surface area contributed by atoms with Gasteiger partial charge in [0, 0.05) is 51.0 Å². The fourth-order valence-electron chi connectivity index (χ4n) is 4.90. The summed E-state index contributed by atoms with van der Waals surface area (Å²) in [5.74, 6) is 0.774. The molecule has 1 aliphatic heterocycles. The molecule has 2 aliphatic rings. The number of piperidine rings is 1. The molecule has 0 radical (unpaired) electrons. The minimum Gasteiger partial charge on any atom is -0.355 e. The van der Waals surface area contributed by atoms with Crippen molar-refractivity contribution in [3.05, 3.63) is 30.1 Å². The van der Waals surface area contributed by atoms with Crippen molar-refractivity contribution in [2.45, 2.75) is 63.3 Å². The van der Waals surface area contributed by atoms with E-state index < -0.39 is 0 Å². The van der Waals surface area contributed by atoms with Gasteiger partial charge in [-0.2, -0.15) is 0 Å². The van der Waals surface area contributed by atoms with Gasteiger partial charge in [0.05, 0.1) is 6.54 Å². The molecule has 1 saturated carbocycles. The lowest BCUT2D eigenvalue weighted by Crippen LogP contribution is -2.59. The molecule has 0 atom stereocenters. The van der Waals surface area contributed by atoms with Crippen molar-refractivity contribution < 1.29 is 4.79 Å². The highest BCUT2D eigenvalue weighted by atomic mass is 127. The number of nitrogens with zero attached hydrogens (tertiary/aromatic N) is 4. The predicted molar refractivity (Wildman–Crippen MR) is 142 cm³/mol. The number of nitrogens with one attached hydrogen (secondary N) is 2. The monoisotopic (exact) mass is 556 g/mol. The minimum absolute atomic E-state index is 0. The Morgan fingerprint density at radius 1 is 1.12 bits per heavy atom. The maximum absolute atomic E-state index is 12.6. The molecule has 1 aliphatic carbocycles. The molecule has 1 amide bonds.